The number of ketones is 1. The summed E-state index contributed by atoms with van der Waals surface area (Å²) in [6, 6.07) is 4.21. The molecule has 0 heterocycles. The molecule has 1 N–H and O–H groups in total. The number of carbonyl (C=O) groups is 2. The van der Waals surface area contributed by atoms with E-state index in [-0.39, 0.29) is 11.6 Å². The Morgan fingerprint density at radius 1 is 1.21 bits per heavy atom. The molecule has 19 heavy (non-hydrogen) atoms. The minimum Gasteiger partial charge on any atom is -0.481 e. The summed E-state index contributed by atoms with van der Waals surface area (Å²) in [7, 11) is 0. The molecule has 0 bridgehead atoms. The highest BCUT2D eigenvalue weighted by Gasteiger charge is 2.36. The van der Waals surface area contributed by atoms with E-state index in [0.717, 1.165) is 12.8 Å². The highest BCUT2D eigenvalue weighted by atomic mass is 19.1. The van der Waals surface area contributed by atoms with Gasteiger partial charge in [0.2, 0.25) is 0 Å². The van der Waals surface area contributed by atoms with Crippen LogP contribution in [0.25, 0.3) is 0 Å². The molecule has 0 radical (unpaired) electrons. The van der Waals surface area contributed by atoms with Gasteiger partial charge in [0.25, 0.3) is 0 Å². The van der Waals surface area contributed by atoms with Gasteiger partial charge in [-0.15, -0.1) is 0 Å². The summed E-state index contributed by atoms with van der Waals surface area (Å²) in [4.78, 5) is 23.6. The number of halogens is 1. The van der Waals surface area contributed by atoms with Gasteiger partial charge in [0, 0.05) is 11.5 Å². The number of aliphatic carboxylic acids is 1. The number of Topliss-reactive ketones (excluding diaryl/α,β-unsaturated/α-hetero) is 1. The van der Waals surface area contributed by atoms with Crippen molar-refractivity contribution in [2.75, 3.05) is 0 Å². The lowest BCUT2D eigenvalue weighted by atomic mass is 9.75. The van der Waals surface area contributed by atoms with Crippen LogP contribution in [0.4, 0.5) is 4.39 Å². The van der Waals surface area contributed by atoms with Crippen LogP contribution in [0.2, 0.25) is 0 Å². The monoisotopic (exact) mass is 264 g/mol. The normalized spacial score (nSPS) is 23.1. The molecule has 1 aliphatic carbocycles. The van der Waals surface area contributed by atoms with E-state index in [2.05, 4.69) is 0 Å². The molecule has 1 fully saturated rings. The summed E-state index contributed by atoms with van der Waals surface area (Å²) in [5, 5.41) is 9.19. The zero-order chi connectivity index (χ0) is 14.0. The molecule has 2 atom stereocenters. The first kappa shape index (κ1) is 13.7. The minimum absolute atomic E-state index is 0.171. The van der Waals surface area contributed by atoms with Gasteiger partial charge in [0.05, 0.1) is 5.92 Å². The third-order valence-electron chi connectivity index (χ3n) is 3.86. The molecule has 1 aliphatic rings. The van der Waals surface area contributed by atoms with E-state index < -0.39 is 17.8 Å². The molecule has 1 aromatic carbocycles. The van der Waals surface area contributed by atoms with Gasteiger partial charge < -0.3 is 5.11 Å². The smallest absolute Gasteiger partial charge is 0.307 e. The summed E-state index contributed by atoms with van der Waals surface area (Å²) in [6.45, 7) is 1.60. The van der Waals surface area contributed by atoms with E-state index in [1.54, 1.807) is 6.92 Å². The predicted octanol–water partition coefficient (Wildman–Crippen LogP) is 3.21. The van der Waals surface area contributed by atoms with E-state index in [9.17, 15) is 19.1 Å². The Balaban J connectivity index is 2.26. The lowest BCUT2D eigenvalue weighted by Crippen LogP contribution is -2.32. The standard InChI is InChI=1S/C15H17FO3/c1-9-8-10(6-7-13(9)16)14(17)11-4-2-3-5-12(11)15(18)19/h6-8,11-12H,2-5H2,1H3,(H,18,19)/t11-,12-/m0/s1. The summed E-state index contributed by atoms with van der Waals surface area (Å²) in [6.07, 6.45) is 2.88. The number of aryl methyl sites for hydroxylation is 1. The highest BCUT2D eigenvalue weighted by molar-refractivity contribution is 6.00. The molecule has 0 aromatic heterocycles. The number of benzene rings is 1. The van der Waals surface area contributed by atoms with Crippen LogP contribution in [0, 0.1) is 24.6 Å². The maximum atomic E-state index is 13.2. The Morgan fingerprint density at radius 3 is 2.42 bits per heavy atom. The van der Waals surface area contributed by atoms with Crippen molar-refractivity contribution in [1.29, 1.82) is 0 Å². The quantitative estimate of drug-likeness (QED) is 0.853. The lowest BCUT2D eigenvalue weighted by molar-refractivity contribution is -0.144. The first-order chi connectivity index (χ1) is 9.00. The molecule has 0 aliphatic heterocycles. The molecule has 4 heteroatoms. The van der Waals surface area contributed by atoms with Crippen LogP contribution in [0.15, 0.2) is 18.2 Å². The van der Waals surface area contributed by atoms with E-state index in [4.69, 9.17) is 0 Å². The first-order valence-electron chi connectivity index (χ1n) is 6.54. The van der Waals surface area contributed by atoms with Crippen LogP contribution in [0.5, 0.6) is 0 Å². The number of hydrogen-bond donors (Lipinski definition) is 1. The second-order valence-corrected chi connectivity index (χ2v) is 5.16. The van der Waals surface area contributed by atoms with Gasteiger partial charge in [0.1, 0.15) is 5.82 Å². The van der Waals surface area contributed by atoms with Crippen LogP contribution in [-0.4, -0.2) is 16.9 Å². The van der Waals surface area contributed by atoms with Gasteiger partial charge in [-0.1, -0.05) is 12.8 Å². The van der Waals surface area contributed by atoms with Crippen molar-refractivity contribution >= 4 is 11.8 Å². The zero-order valence-corrected chi connectivity index (χ0v) is 10.9. The molecule has 0 saturated heterocycles. The second-order valence-electron chi connectivity index (χ2n) is 5.16. The molecular formula is C15H17FO3. The van der Waals surface area contributed by atoms with Crippen molar-refractivity contribution < 1.29 is 19.1 Å². The average molecular weight is 264 g/mol. The summed E-state index contributed by atoms with van der Waals surface area (Å²) >= 11 is 0. The van der Waals surface area contributed by atoms with Gasteiger partial charge in [-0.2, -0.15) is 0 Å². The fourth-order valence-corrected chi connectivity index (χ4v) is 2.75. The number of hydrogen-bond acceptors (Lipinski definition) is 2. The van der Waals surface area contributed by atoms with Crippen molar-refractivity contribution in [3.05, 3.63) is 35.1 Å². The maximum Gasteiger partial charge on any atom is 0.307 e. The Kier molecular flexibility index (Phi) is 3.98. The molecule has 0 unspecified atom stereocenters. The lowest BCUT2D eigenvalue weighted by Gasteiger charge is -2.27. The SMILES string of the molecule is Cc1cc(C(=O)[C@H]2CCCC[C@@H]2C(=O)O)ccc1F. The number of carbonyl (C=O) groups excluding carboxylic acids is 1. The molecule has 0 amide bonds. The van der Waals surface area contributed by atoms with Crippen LogP contribution >= 0.6 is 0 Å². The highest BCUT2D eigenvalue weighted by Crippen LogP contribution is 2.33. The van der Waals surface area contributed by atoms with Gasteiger partial charge in [-0.25, -0.2) is 4.39 Å². The summed E-state index contributed by atoms with van der Waals surface area (Å²) < 4.78 is 13.2. The largest absolute Gasteiger partial charge is 0.481 e. The van der Waals surface area contributed by atoms with Gasteiger partial charge in [-0.3, -0.25) is 9.59 Å². The third kappa shape index (κ3) is 2.83. The molecule has 2 rings (SSSR count). The fraction of sp³-hybridized carbons (Fsp3) is 0.467. The Bertz CT molecular complexity index is 510. The number of rotatable bonds is 3. The van der Waals surface area contributed by atoms with E-state index in [1.807, 2.05) is 0 Å². The molecule has 0 spiro atoms. The van der Waals surface area contributed by atoms with E-state index >= 15 is 0 Å². The van der Waals surface area contributed by atoms with Crippen LogP contribution in [-0.2, 0) is 4.79 Å². The summed E-state index contributed by atoms with van der Waals surface area (Å²) in [5.41, 5.74) is 0.825. The van der Waals surface area contributed by atoms with Crippen molar-refractivity contribution in [1.82, 2.24) is 0 Å². The molecule has 1 aromatic rings. The van der Waals surface area contributed by atoms with Crippen molar-refractivity contribution in [2.45, 2.75) is 32.6 Å². The maximum absolute atomic E-state index is 13.2. The third-order valence-corrected chi connectivity index (χ3v) is 3.86. The molecule has 102 valence electrons. The van der Waals surface area contributed by atoms with Gasteiger partial charge in [-0.05, 0) is 43.5 Å². The molecular weight excluding hydrogens is 247 g/mol. The van der Waals surface area contributed by atoms with Gasteiger partial charge >= 0.3 is 5.97 Å². The Hall–Kier alpha value is -1.71. The van der Waals surface area contributed by atoms with Gasteiger partial charge in [0.15, 0.2) is 5.78 Å². The average Bonchev–Trinajstić information content (AvgIpc) is 2.41. The second kappa shape index (κ2) is 5.51. The first-order valence-corrected chi connectivity index (χ1v) is 6.54. The van der Waals surface area contributed by atoms with Crippen LogP contribution in [0.1, 0.15) is 41.6 Å². The topological polar surface area (TPSA) is 54.4 Å². The van der Waals surface area contributed by atoms with Crippen LogP contribution in [0.3, 0.4) is 0 Å². The zero-order valence-electron chi connectivity index (χ0n) is 10.9. The minimum atomic E-state index is -0.906. The number of carboxylic acid groups (broad SMARTS) is 1. The molecule has 3 nitrogen and oxygen atoms in total. The summed E-state index contributed by atoms with van der Waals surface area (Å²) in [5.74, 6) is -2.51. The number of carboxylic acids is 1. The van der Waals surface area contributed by atoms with Crippen LogP contribution < -0.4 is 0 Å². The molecule has 1 saturated carbocycles. The fourth-order valence-electron chi connectivity index (χ4n) is 2.75. The van der Waals surface area contributed by atoms with E-state index in [1.165, 1.54) is 18.2 Å². The Morgan fingerprint density at radius 2 is 1.84 bits per heavy atom. The predicted molar refractivity (Wildman–Crippen MR) is 68.6 cm³/mol. The Labute approximate surface area is 111 Å². The van der Waals surface area contributed by atoms with Crippen molar-refractivity contribution in [3.63, 3.8) is 0 Å². The van der Waals surface area contributed by atoms with Crippen molar-refractivity contribution in [2.24, 2.45) is 11.8 Å². The van der Waals surface area contributed by atoms with E-state index in [0.29, 0.717) is 24.0 Å². The van der Waals surface area contributed by atoms with Crippen molar-refractivity contribution in [3.8, 4) is 0 Å².